The van der Waals surface area contributed by atoms with Gasteiger partial charge in [-0.15, -0.1) is 0 Å². The second kappa shape index (κ2) is 7.38. The molecule has 104 valence electrons. The lowest BCUT2D eigenvalue weighted by molar-refractivity contribution is 0.0504. The van der Waals surface area contributed by atoms with Crippen LogP contribution < -0.4 is 5.32 Å². The maximum atomic E-state index is 5.69. The van der Waals surface area contributed by atoms with Gasteiger partial charge in [-0.1, -0.05) is 20.3 Å². The first-order valence-electron chi connectivity index (χ1n) is 7.05. The Bertz CT molecular complexity index is 196. The van der Waals surface area contributed by atoms with Gasteiger partial charge in [-0.25, -0.2) is 0 Å². The predicted molar refractivity (Wildman–Crippen MR) is 76.5 cm³/mol. The van der Waals surface area contributed by atoms with E-state index in [1.165, 1.54) is 12.8 Å². The minimum atomic E-state index is 0.202. The Morgan fingerprint density at radius 1 is 1.06 bits per heavy atom. The summed E-state index contributed by atoms with van der Waals surface area (Å²) >= 11 is 0. The fourth-order valence-corrected chi connectivity index (χ4v) is 1.92. The van der Waals surface area contributed by atoms with Gasteiger partial charge in [0.1, 0.15) is 0 Å². The van der Waals surface area contributed by atoms with Crippen LogP contribution in [0.1, 0.15) is 67.7 Å². The molecule has 0 rings (SSSR count). The smallest absolute Gasteiger partial charge is 0.0518 e. The van der Waals surface area contributed by atoms with E-state index in [-0.39, 0.29) is 5.54 Å². The highest BCUT2D eigenvalue weighted by atomic mass is 16.5. The number of hydrogen-bond acceptors (Lipinski definition) is 2. The highest BCUT2D eigenvalue weighted by Gasteiger charge is 2.25. The second-order valence-corrected chi connectivity index (χ2v) is 6.83. The summed E-state index contributed by atoms with van der Waals surface area (Å²) in [4.78, 5) is 0. The molecular weight excluding hydrogens is 210 g/mol. The summed E-state index contributed by atoms with van der Waals surface area (Å²) in [5.74, 6) is 0. The lowest BCUT2D eigenvalue weighted by Gasteiger charge is -2.34. The maximum Gasteiger partial charge on any atom is 0.0518 e. The number of nitrogens with one attached hydrogen (secondary N) is 1. The summed E-state index contributed by atoms with van der Waals surface area (Å²) in [5.41, 5.74) is 0.560. The van der Waals surface area contributed by atoms with Crippen LogP contribution in [0, 0.1) is 5.41 Å². The van der Waals surface area contributed by atoms with Gasteiger partial charge in [-0.05, 0) is 52.9 Å². The van der Waals surface area contributed by atoms with Crippen LogP contribution in [-0.2, 0) is 4.74 Å². The van der Waals surface area contributed by atoms with Crippen molar-refractivity contribution in [2.75, 3.05) is 13.2 Å². The van der Waals surface area contributed by atoms with E-state index in [9.17, 15) is 0 Å². The molecule has 0 saturated carbocycles. The molecule has 0 aromatic heterocycles. The molecule has 2 heteroatoms. The predicted octanol–water partition coefficient (Wildman–Crippen LogP) is 4.00. The fraction of sp³-hybridized carbons (Fsp3) is 1.00. The van der Waals surface area contributed by atoms with Crippen LogP contribution in [-0.4, -0.2) is 24.8 Å². The molecule has 1 N–H and O–H groups in total. The molecule has 0 spiro atoms. The molecule has 1 unspecified atom stereocenters. The molecule has 0 aliphatic rings. The van der Waals surface area contributed by atoms with E-state index in [1.54, 1.807) is 0 Å². The van der Waals surface area contributed by atoms with Gasteiger partial charge in [0.2, 0.25) is 0 Å². The minimum absolute atomic E-state index is 0.202. The highest BCUT2D eigenvalue weighted by Crippen LogP contribution is 2.27. The van der Waals surface area contributed by atoms with Crippen molar-refractivity contribution in [3.63, 3.8) is 0 Å². The van der Waals surface area contributed by atoms with Crippen molar-refractivity contribution in [3.8, 4) is 0 Å². The zero-order valence-corrected chi connectivity index (χ0v) is 13.0. The zero-order valence-electron chi connectivity index (χ0n) is 13.0. The first kappa shape index (κ1) is 16.9. The van der Waals surface area contributed by atoms with Gasteiger partial charge in [0.05, 0.1) is 6.10 Å². The second-order valence-electron chi connectivity index (χ2n) is 6.83. The summed E-state index contributed by atoms with van der Waals surface area (Å²) in [6.07, 6.45) is 3.99. The topological polar surface area (TPSA) is 21.3 Å². The Hall–Kier alpha value is -0.0800. The average molecular weight is 243 g/mol. The largest absolute Gasteiger partial charge is 0.379 e. The summed E-state index contributed by atoms with van der Waals surface area (Å²) in [6.45, 7) is 17.5. The molecule has 0 aromatic rings. The van der Waals surface area contributed by atoms with Gasteiger partial charge in [-0.2, -0.15) is 0 Å². The third-order valence-corrected chi connectivity index (χ3v) is 3.06. The number of hydrogen-bond donors (Lipinski definition) is 1. The molecule has 0 fully saturated rings. The van der Waals surface area contributed by atoms with Crippen molar-refractivity contribution in [1.82, 2.24) is 5.32 Å². The van der Waals surface area contributed by atoms with E-state index in [2.05, 4.69) is 53.8 Å². The first-order chi connectivity index (χ1) is 7.68. The molecule has 0 bridgehead atoms. The van der Waals surface area contributed by atoms with E-state index in [1.807, 2.05) is 0 Å². The Morgan fingerprint density at radius 3 is 2.06 bits per heavy atom. The normalized spacial score (nSPS) is 16.2. The lowest BCUT2D eigenvalue weighted by atomic mass is 9.82. The van der Waals surface area contributed by atoms with Crippen molar-refractivity contribution in [1.29, 1.82) is 0 Å². The van der Waals surface area contributed by atoms with Crippen molar-refractivity contribution in [2.24, 2.45) is 5.41 Å². The van der Waals surface area contributed by atoms with Gasteiger partial charge in [0.15, 0.2) is 0 Å². The van der Waals surface area contributed by atoms with Crippen LogP contribution in [0.5, 0.6) is 0 Å². The molecule has 0 amide bonds. The quantitative estimate of drug-likeness (QED) is 0.696. The molecular formula is C15H33NO. The van der Waals surface area contributed by atoms with Gasteiger partial charge >= 0.3 is 0 Å². The molecule has 0 radical (unpaired) electrons. The standard InChI is InChI=1S/C15H33NO/c1-8-9-15(7,10-11-17-13(2)3)12-16-14(4,5)6/h13,16H,8-12H2,1-7H3. The molecule has 0 aromatic carbocycles. The van der Waals surface area contributed by atoms with Crippen LogP contribution in [0.4, 0.5) is 0 Å². The summed E-state index contributed by atoms with van der Waals surface area (Å²) < 4.78 is 5.69. The molecule has 0 aliphatic heterocycles. The molecule has 0 heterocycles. The Kier molecular flexibility index (Phi) is 7.34. The molecule has 2 nitrogen and oxygen atoms in total. The van der Waals surface area contributed by atoms with Crippen LogP contribution in [0.25, 0.3) is 0 Å². The molecule has 0 aliphatic carbocycles. The minimum Gasteiger partial charge on any atom is -0.379 e. The van der Waals surface area contributed by atoms with Crippen LogP contribution >= 0.6 is 0 Å². The fourth-order valence-electron chi connectivity index (χ4n) is 1.92. The third kappa shape index (κ3) is 9.61. The van der Waals surface area contributed by atoms with Crippen LogP contribution in [0.3, 0.4) is 0 Å². The SMILES string of the molecule is CCCC(C)(CCOC(C)C)CNC(C)(C)C. The summed E-state index contributed by atoms with van der Waals surface area (Å²) in [6, 6.07) is 0. The van der Waals surface area contributed by atoms with E-state index in [4.69, 9.17) is 4.74 Å². The van der Waals surface area contributed by atoms with Gasteiger partial charge < -0.3 is 10.1 Å². The Morgan fingerprint density at radius 2 is 1.65 bits per heavy atom. The number of rotatable bonds is 8. The van der Waals surface area contributed by atoms with E-state index in [0.717, 1.165) is 19.6 Å². The summed E-state index contributed by atoms with van der Waals surface area (Å²) in [7, 11) is 0. The highest BCUT2D eigenvalue weighted by molar-refractivity contribution is 4.81. The molecule has 0 saturated heterocycles. The van der Waals surface area contributed by atoms with Crippen molar-refractivity contribution in [3.05, 3.63) is 0 Å². The summed E-state index contributed by atoms with van der Waals surface area (Å²) in [5, 5.41) is 3.63. The van der Waals surface area contributed by atoms with Crippen molar-refractivity contribution < 1.29 is 4.74 Å². The molecule has 1 atom stereocenters. The Balaban J connectivity index is 4.15. The lowest BCUT2D eigenvalue weighted by Crippen LogP contribution is -2.43. The van der Waals surface area contributed by atoms with Crippen molar-refractivity contribution in [2.45, 2.75) is 79.4 Å². The maximum absolute atomic E-state index is 5.69. The van der Waals surface area contributed by atoms with E-state index < -0.39 is 0 Å². The van der Waals surface area contributed by atoms with Gasteiger partial charge in [0, 0.05) is 18.7 Å². The van der Waals surface area contributed by atoms with E-state index >= 15 is 0 Å². The number of ether oxygens (including phenoxy) is 1. The average Bonchev–Trinajstić information content (AvgIpc) is 2.14. The van der Waals surface area contributed by atoms with Crippen LogP contribution in [0.15, 0.2) is 0 Å². The van der Waals surface area contributed by atoms with E-state index in [0.29, 0.717) is 11.5 Å². The van der Waals surface area contributed by atoms with Gasteiger partial charge in [-0.3, -0.25) is 0 Å². The zero-order chi connectivity index (χ0) is 13.5. The van der Waals surface area contributed by atoms with Crippen molar-refractivity contribution >= 4 is 0 Å². The molecule has 17 heavy (non-hydrogen) atoms. The van der Waals surface area contributed by atoms with Gasteiger partial charge in [0.25, 0.3) is 0 Å². The van der Waals surface area contributed by atoms with Crippen LogP contribution in [0.2, 0.25) is 0 Å². The first-order valence-corrected chi connectivity index (χ1v) is 7.05. The Labute approximate surface area is 109 Å². The third-order valence-electron chi connectivity index (χ3n) is 3.06. The monoisotopic (exact) mass is 243 g/mol.